The molecule has 1 fully saturated rings. The Morgan fingerprint density at radius 1 is 1.38 bits per heavy atom. The number of carbonyl (C=O) groups is 1. The summed E-state index contributed by atoms with van der Waals surface area (Å²) in [5.74, 6) is 0.711. The van der Waals surface area contributed by atoms with E-state index in [-0.39, 0.29) is 5.91 Å². The van der Waals surface area contributed by atoms with E-state index >= 15 is 0 Å². The first kappa shape index (κ1) is 11.5. The van der Waals surface area contributed by atoms with Crippen LogP contribution in [-0.2, 0) is 0 Å². The van der Waals surface area contributed by atoms with Gasteiger partial charge in [0.25, 0.3) is 5.91 Å². The number of carbonyl (C=O) groups excluding carboxylic acids is 1. The molecule has 4 nitrogen and oxygen atoms in total. The highest BCUT2D eigenvalue weighted by molar-refractivity contribution is 7.07. The first-order valence-electron chi connectivity index (χ1n) is 5.76. The molecule has 1 amide bonds. The number of nitrogens with zero attached hydrogens (tertiary/aromatic N) is 3. The van der Waals surface area contributed by atoms with Gasteiger partial charge in [-0.25, -0.2) is 4.98 Å². The van der Waals surface area contributed by atoms with Crippen molar-refractivity contribution in [1.29, 1.82) is 0 Å². The van der Waals surface area contributed by atoms with E-state index in [0.29, 0.717) is 16.9 Å². The second kappa shape index (κ2) is 4.91. The van der Waals surface area contributed by atoms with Gasteiger partial charge in [-0.15, -0.1) is 0 Å². The third-order valence-electron chi connectivity index (χ3n) is 3.15. The number of aryl methyl sites for hydroxylation is 1. The maximum Gasteiger partial charge on any atom is 0.284 e. The Bertz CT molecular complexity index is 371. The number of aromatic nitrogens is 2. The Morgan fingerprint density at radius 2 is 2.06 bits per heavy atom. The lowest BCUT2D eigenvalue weighted by Gasteiger charge is -2.30. The lowest BCUT2D eigenvalue weighted by atomic mass is 9.94. The van der Waals surface area contributed by atoms with E-state index in [0.717, 1.165) is 12.8 Å². The average Bonchev–Trinajstić information content (AvgIpc) is 2.75. The summed E-state index contributed by atoms with van der Waals surface area (Å²) in [6.07, 6.45) is 6.02. The molecule has 1 aromatic heterocycles. The summed E-state index contributed by atoms with van der Waals surface area (Å²) in [6.45, 7) is 1.81. The van der Waals surface area contributed by atoms with Crippen LogP contribution < -0.4 is 0 Å². The Hall–Kier alpha value is -0.970. The molecule has 1 aliphatic rings. The van der Waals surface area contributed by atoms with Gasteiger partial charge in [-0.1, -0.05) is 19.3 Å². The van der Waals surface area contributed by atoms with Crippen molar-refractivity contribution in [2.75, 3.05) is 7.05 Å². The second-order valence-corrected chi connectivity index (χ2v) is 5.11. The van der Waals surface area contributed by atoms with E-state index in [1.165, 1.54) is 30.8 Å². The van der Waals surface area contributed by atoms with Gasteiger partial charge in [-0.3, -0.25) is 4.79 Å². The van der Waals surface area contributed by atoms with Gasteiger partial charge in [0.1, 0.15) is 5.82 Å². The topological polar surface area (TPSA) is 46.1 Å². The van der Waals surface area contributed by atoms with Crippen LogP contribution in [0, 0.1) is 6.92 Å². The first-order chi connectivity index (χ1) is 7.68. The van der Waals surface area contributed by atoms with Gasteiger partial charge in [-0.05, 0) is 31.3 Å². The molecule has 0 spiro atoms. The second-order valence-electron chi connectivity index (χ2n) is 4.35. The molecule has 1 aliphatic carbocycles. The van der Waals surface area contributed by atoms with Crippen LogP contribution in [0.4, 0.5) is 0 Å². The largest absolute Gasteiger partial charge is 0.337 e. The van der Waals surface area contributed by atoms with E-state index in [4.69, 9.17) is 0 Å². The molecule has 0 N–H and O–H groups in total. The monoisotopic (exact) mass is 239 g/mol. The summed E-state index contributed by atoms with van der Waals surface area (Å²) >= 11 is 1.20. The van der Waals surface area contributed by atoms with Crippen LogP contribution in [0.3, 0.4) is 0 Å². The van der Waals surface area contributed by atoms with Crippen LogP contribution in [0.15, 0.2) is 0 Å². The fourth-order valence-corrected chi connectivity index (χ4v) is 2.82. The van der Waals surface area contributed by atoms with Crippen molar-refractivity contribution in [3.8, 4) is 0 Å². The minimum atomic E-state index is 0.0255. The number of amides is 1. The molecule has 0 aliphatic heterocycles. The maximum atomic E-state index is 12.1. The molecule has 5 heteroatoms. The highest BCUT2D eigenvalue weighted by Gasteiger charge is 2.24. The zero-order chi connectivity index (χ0) is 11.5. The Morgan fingerprint density at radius 3 is 2.62 bits per heavy atom. The van der Waals surface area contributed by atoms with Crippen molar-refractivity contribution in [3.05, 3.63) is 10.8 Å². The summed E-state index contributed by atoms with van der Waals surface area (Å²) in [5, 5.41) is 0.519. The molecule has 1 heterocycles. The Kier molecular flexibility index (Phi) is 3.53. The van der Waals surface area contributed by atoms with E-state index in [1.54, 1.807) is 0 Å². The van der Waals surface area contributed by atoms with Crippen LogP contribution in [-0.4, -0.2) is 33.3 Å². The van der Waals surface area contributed by atoms with E-state index < -0.39 is 0 Å². The molecule has 2 rings (SSSR count). The highest BCUT2D eigenvalue weighted by Crippen LogP contribution is 2.23. The predicted octanol–water partition coefficient (Wildman–Crippen LogP) is 2.25. The number of hydrogen-bond acceptors (Lipinski definition) is 4. The molecule has 0 unspecified atom stereocenters. The molecule has 0 saturated heterocycles. The molecule has 1 saturated carbocycles. The fourth-order valence-electron chi connectivity index (χ4n) is 2.17. The lowest BCUT2D eigenvalue weighted by Crippen LogP contribution is -2.38. The van der Waals surface area contributed by atoms with Crippen LogP contribution in [0.2, 0.25) is 0 Å². The van der Waals surface area contributed by atoms with E-state index in [1.807, 2.05) is 18.9 Å². The normalized spacial score (nSPS) is 17.4. The molecule has 88 valence electrons. The smallest absolute Gasteiger partial charge is 0.284 e. The zero-order valence-electron chi connectivity index (χ0n) is 9.77. The van der Waals surface area contributed by atoms with Crippen LogP contribution >= 0.6 is 11.5 Å². The van der Waals surface area contributed by atoms with E-state index in [9.17, 15) is 4.79 Å². The van der Waals surface area contributed by atoms with Crippen molar-refractivity contribution in [1.82, 2.24) is 14.3 Å². The van der Waals surface area contributed by atoms with Gasteiger partial charge < -0.3 is 4.90 Å². The van der Waals surface area contributed by atoms with Crippen LogP contribution in [0.25, 0.3) is 0 Å². The van der Waals surface area contributed by atoms with Crippen molar-refractivity contribution < 1.29 is 4.79 Å². The Labute approximate surface area is 99.9 Å². The van der Waals surface area contributed by atoms with Gasteiger partial charge in [0.05, 0.1) is 0 Å². The third-order valence-corrected chi connectivity index (χ3v) is 3.95. The fraction of sp³-hybridized carbons (Fsp3) is 0.727. The van der Waals surface area contributed by atoms with Gasteiger partial charge in [0.15, 0.2) is 0 Å². The van der Waals surface area contributed by atoms with E-state index in [2.05, 4.69) is 9.36 Å². The SMILES string of the molecule is Cc1nsc(C(=O)N(C)C2CCCCC2)n1. The predicted molar refractivity (Wildman–Crippen MR) is 63.6 cm³/mol. The minimum Gasteiger partial charge on any atom is -0.337 e. The molecule has 0 atom stereocenters. The molecule has 0 aromatic carbocycles. The van der Waals surface area contributed by atoms with Gasteiger partial charge >= 0.3 is 0 Å². The molecule has 16 heavy (non-hydrogen) atoms. The molecular formula is C11H17N3OS. The summed E-state index contributed by atoms with van der Waals surface area (Å²) < 4.78 is 4.05. The quantitative estimate of drug-likeness (QED) is 0.795. The molecular weight excluding hydrogens is 222 g/mol. The summed E-state index contributed by atoms with van der Waals surface area (Å²) in [7, 11) is 1.88. The lowest BCUT2D eigenvalue weighted by molar-refractivity contribution is 0.0695. The summed E-state index contributed by atoms with van der Waals surface area (Å²) in [4.78, 5) is 18.1. The van der Waals surface area contributed by atoms with Crippen LogP contribution in [0.5, 0.6) is 0 Å². The first-order valence-corrected chi connectivity index (χ1v) is 6.53. The van der Waals surface area contributed by atoms with Gasteiger partial charge in [0.2, 0.25) is 5.01 Å². The maximum absolute atomic E-state index is 12.1. The average molecular weight is 239 g/mol. The van der Waals surface area contributed by atoms with Crippen molar-refractivity contribution in [2.45, 2.75) is 45.1 Å². The summed E-state index contributed by atoms with van der Waals surface area (Å²) in [5.41, 5.74) is 0. The standard InChI is InChI=1S/C11H17N3OS/c1-8-12-10(16-13-8)11(15)14(2)9-6-4-3-5-7-9/h9H,3-7H2,1-2H3. The molecule has 0 radical (unpaired) electrons. The van der Waals surface area contributed by atoms with Gasteiger partial charge in [0, 0.05) is 13.1 Å². The molecule has 0 bridgehead atoms. The summed E-state index contributed by atoms with van der Waals surface area (Å²) in [6, 6.07) is 0.394. The van der Waals surface area contributed by atoms with Gasteiger partial charge in [-0.2, -0.15) is 4.37 Å². The molecule has 1 aromatic rings. The zero-order valence-corrected chi connectivity index (χ0v) is 10.6. The van der Waals surface area contributed by atoms with Crippen LogP contribution in [0.1, 0.15) is 47.7 Å². The number of hydrogen-bond donors (Lipinski definition) is 0. The third kappa shape index (κ3) is 2.40. The van der Waals surface area contributed by atoms with Crippen molar-refractivity contribution >= 4 is 17.4 Å². The number of rotatable bonds is 2. The Balaban J connectivity index is 2.03. The van der Waals surface area contributed by atoms with Crippen molar-refractivity contribution in [3.63, 3.8) is 0 Å². The highest BCUT2D eigenvalue weighted by atomic mass is 32.1. The minimum absolute atomic E-state index is 0.0255. The van der Waals surface area contributed by atoms with Crippen molar-refractivity contribution in [2.24, 2.45) is 0 Å².